The number of rotatable bonds is 4. The first kappa shape index (κ1) is 22.3. The zero-order valence-corrected chi connectivity index (χ0v) is 19.5. The van der Waals surface area contributed by atoms with E-state index in [-0.39, 0.29) is 12.0 Å². The van der Waals surface area contributed by atoms with E-state index in [1.807, 2.05) is 60.4 Å². The molecule has 0 saturated carbocycles. The van der Waals surface area contributed by atoms with Crippen molar-refractivity contribution in [1.29, 1.82) is 0 Å². The number of fused-ring (bicyclic) bond motifs is 1. The van der Waals surface area contributed by atoms with Crippen LogP contribution >= 0.6 is 0 Å². The molecule has 1 aliphatic rings. The zero-order chi connectivity index (χ0) is 23.9. The summed E-state index contributed by atoms with van der Waals surface area (Å²) in [6, 6.07) is 15.0. The van der Waals surface area contributed by atoms with Gasteiger partial charge in [0.1, 0.15) is 16.9 Å². The van der Waals surface area contributed by atoms with Gasteiger partial charge in [0.25, 0.3) is 5.91 Å². The molecule has 0 unspecified atom stereocenters. The summed E-state index contributed by atoms with van der Waals surface area (Å²) in [6.45, 7) is 7.16. The second-order valence-corrected chi connectivity index (χ2v) is 9.18. The van der Waals surface area contributed by atoms with E-state index < -0.39 is 5.60 Å². The standard InChI is InChI=1S/C27H27N3O4/c1-17-16-30(12-13-33-17)26(31)19-6-4-18(5-7-19)23-15-22-25(34-23)21(9-11-28-22)20-8-10-29-24(14-20)27(2,3)32/h4-11,14-15,17,32H,12-13,16H2,1-3H3/t17-/m0/s1. The molecule has 1 amide bonds. The minimum absolute atomic E-state index is 0.00978. The number of aliphatic hydroxyl groups is 1. The van der Waals surface area contributed by atoms with Crippen molar-refractivity contribution in [2.24, 2.45) is 0 Å². The summed E-state index contributed by atoms with van der Waals surface area (Å²) in [5.41, 5.74) is 4.20. The summed E-state index contributed by atoms with van der Waals surface area (Å²) in [4.78, 5) is 23.4. The molecule has 0 bridgehead atoms. The third kappa shape index (κ3) is 4.32. The molecule has 174 valence electrons. The lowest BCUT2D eigenvalue weighted by Crippen LogP contribution is -2.44. The molecule has 0 radical (unpaired) electrons. The van der Waals surface area contributed by atoms with Gasteiger partial charge in [-0.15, -0.1) is 0 Å². The molecule has 7 nitrogen and oxygen atoms in total. The van der Waals surface area contributed by atoms with Crippen LogP contribution in [0.1, 0.15) is 36.8 Å². The Morgan fingerprint density at radius 1 is 1.06 bits per heavy atom. The Labute approximate surface area is 198 Å². The van der Waals surface area contributed by atoms with Crippen molar-refractivity contribution in [2.75, 3.05) is 19.7 Å². The van der Waals surface area contributed by atoms with Crippen LogP contribution in [-0.4, -0.2) is 51.7 Å². The molecule has 34 heavy (non-hydrogen) atoms. The van der Waals surface area contributed by atoms with Gasteiger partial charge >= 0.3 is 0 Å². The Hall–Kier alpha value is -3.55. The molecule has 0 aliphatic carbocycles. The molecule has 1 atom stereocenters. The summed E-state index contributed by atoms with van der Waals surface area (Å²) < 4.78 is 11.8. The molecule has 4 heterocycles. The first-order valence-electron chi connectivity index (χ1n) is 11.4. The average molecular weight is 458 g/mol. The molecular formula is C27H27N3O4. The lowest BCUT2D eigenvalue weighted by molar-refractivity contribution is -0.0124. The van der Waals surface area contributed by atoms with Crippen molar-refractivity contribution >= 4 is 17.0 Å². The molecule has 7 heteroatoms. The number of morpholine rings is 1. The second-order valence-electron chi connectivity index (χ2n) is 9.18. The third-order valence-corrected chi connectivity index (χ3v) is 6.05. The largest absolute Gasteiger partial charge is 0.454 e. The van der Waals surface area contributed by atoms with Crippen LogP contribution in [0.25, 0.3) is 33.6 Å². The number of hydrogen-bond donors (Lipinski definition) is 1. The van der Waals surface area contributed by atoms with Crippen LogP contribution in [0.15, 0.2) is 65.3 Å². The van der Waals surface area contributed by atoms with Crippen LogP contribution in [0.5, 0.6) is 0 Å². The van der Waals surface area contributed by atoms with Crippen LogP contribution in [-0.2, 0) is 10.3 Å². The number of ether oxygens (including phenoxy) is 1. The zero-order valence-electron chi connectivity index (χ0n) is 19.5. The number of carbonyl (C=O) groups excluding carboxylic acids is 1. The Bertz CT molecular complexity index is 1340. The summed E-state index contributed by atoms with van der Waals surface area (Å²) in [5.74, 6) is 0.682. The molecule has 3 aromatic heterocycles. The number of hydrogen-bond acceptors (Lipinski definition) is 6. The predicted molar refractivity (Wildman–Crippen MR) is 129 cm³/mol. The maximum atomic E-state index is 12.8. The van der Waals surface area contributed by atoms with E-state index >= 15 is 0 Å². The number of aromatic nitrogens is 2. The van der Waals surface area contributed by atoms with Crippen molar-refractivity contribution in [3.8, 4) is 22.5 Å². The molecule has 1 aromatic carbocycles. The highest BCUT2D eigenvalue weighted by Crippen LogP contribution is 2.34. The van der Waals surface area contributed by atoms with Crippen LogP contribution in [0.3, 0.4) is 0 Å². The first-order valence-corrected chi connectivity index (χ1v) is 11.4. The third-order valence-electron chi connectivity index (χ3n) is 6.05. The van der Waals surface area contributed by atoms with Crippen LogP contribution in [0.2, 0.25) is 0 Å². The monoisotopic (exact) mass is 457 g/mol. The number of furan rings is 1. The normalized spacial score (nSPS) is 16.7. The molecule has 1 saturated heterocycles. The van der Waals surface area contributed by atoms with Crippen LogP contribution < -0.4 is 0 Å². The van der Waals surface area contributed by atoms with Gasteiger partial charge in [-0.05, 0) is 56.7 Å². The van der Waals surface area contributed by atoms with E-state index in [0.29, 0.717) is 42.3 Å². The van der Waals surface area contributed by atoms with Gasteiger partial charge < -0.3 is 19.2 Å². The van der Waals surface area contributed by atoms with Gasteiger partial charge in [-0.1, -0.05) is 12.1 Å². The van der Waals surface area contributed by atoms with Gasteiger partial charge in [0.15, 0.2) is 5.58 Å². The second kappa shape index (κ2) is 8.66. The highest BCUT2D eigenvalue weighted by molar-refractivity contribution is 5.95. The van der Waals surface area contributed by atoms with E-state index in [2.05, 4.69) is 9.97 Å². The van der Waals surface area contributed by atoms with Crippen molar-refractivity contribution in [3.05, 3.63) is 72.2 Å². The van der Waals surface area contributed by atoms with Gasteiger partial charge in [0.2, 0.25) is 0 Å². The van der Waals surface area contributed by atoms with E-state index in [4.69, 9.17) is 9.15 Å². The van der Waals surface area contributed by atoms with Crippen LogP contribution in [0, 0.1) is 0 Å². The van der Waals surface area contributed by atoms with Gasteiger partial charge in [0.05, 0.1) is 18.4 Å². The molecule has 1 N–H and O–H groups in total. The van der Waals surface area contributed by atoms with Crippen molar-refractivity contribution < 1.29 is 19.1 Å². The maximum absolute atomic E-state index is 12.8. The van der Waals surface area contributed by atoms with Crippen LogP contribution in [0.4, 0.5) is 0 Å². The first-order chi connectivity index (χ1) is 16.3. The highest BCUT2D eigenvalue weighted by atomic mass is 16.5. The molecule has 5 rings (SSSR count). The van der Waals surface area contributed by atoms with Crippen molar-refractivity contribution in [3.63, 3.8) is 0 Å². The molecule has 1 aliphatic heterocycles. The number of amides is 1. The number of pyridine rings is 2. The van der Waals surface area contributed by atoms with Gasteiger partial charge in [0, 0.05) is 48.2 Å². The number of nitrogens with zero attached hydrogens (tertiary/aromatic N) is 3. The Morgan fingerprint density at radius 3 is 2.56 bits per heavy atom. The summed E-state index contributed by atoms with van der Waals surface area (Å²) >= 11 is 0. The summed E-state index contributed by atoms with van der Waals surface area (Å²) in [7, 11) is 0. The number of benzene rings is 1. The van der Waals surface area contributed by atoms with Crippen molar-refractivity contribution in [2.45, 2.75) is 32.5 Å². The minimum atomic E-state index is -1.05. The fraction of sp³-hybridized carbons (Fsp3) is 0.296. The Balaban J connectivity index is 1.45. The summed E-state index contributed by atoms with van der Waals surface area (Å²) in [5, 5.41) is 10.4. The van der Waals surface area contributed by atoms with E-state index in [1.54, 1.807) is 26.2 Å². The average Bonchev–Trinajstić information content (AvgIpc) is 3.28. The lowest BCUT2D eigenvalue weighted by Gasteiger charge is -2.31. The van der Waals surface area contributed by atoms with E-state index in [1.165, 1.54) is 0 Å². The smallest absolute Gasteiger partial charge is 0.254 e. The predicted octanol–water partition coefficient (Wildman–Crippen LogP) is 4.65. The SMILES string of the molecule is C[C@H]1CN(C(=O)c2ccc(-c3cc4nccc(-c5ccnc(C(C)(C)O)c5)c4o3)cc2)CCO1. The lowest BCUT2D eigenvalue weighted by atomic mass is 10.00. The minimum Gasteiger partial charge on any atom is -0.454 e. The molecule has 0 spiro atoms. The fourth-order valence-corrected chi connectivity index (χ4v) is 4.20. The van der Waals surface area contributed by atoms with E-state index in [9.17, 15) is 9.90 Å². The molecule has 1 fully saturated rings. The molecule has 4 aromatic rings. The Morgan fingerprint density at radius 2 is 1.82 bits per heavy atom. The fourth-order valence-electron chi connectivity index (χ4n) is 4.20. The maximum Gasteiger partial charge on any atom is 0.254 e. The van der Waals surface area contributed by atoms with E-state index in [0.717, 1.165) is 22.2 Å². The quantitative estimate of drug-likeness (QED) is 0.480. The van der Waals surface area contributed by atoms with Crippen molar-refractivity contribution in [1.82, 2.24) is 14.9 Å². The Kier molecular flexibility index (Phi) is 5.67. The molecular weight excluding hydrogens is 430 g/mol. The highest BCUT2D eigenvalue weighted by Gasteiger charge is 2.23. The topological polar surface area (TPSA) is 88.7 Å². The van der Waals surface area contributed by atoms with Gasteiger partial charge in [-0.2, -0.15) is 0 Å². The van der Waals surface area contributed by atoms with Gasteiger partial charge in [-0.25, -0.2) is 0 Å². The number of carbonyl (C=O) groups is 1. The van der Waals surface area contributed by atoms with Gasteiger partial charge in [-0.3, -0.25) is 14.8 Å². The summed E-state index contributed by atoms with van der Waals surface area (Å²) in [6.07, 6.45) is 3.48.